The highest BCUT2D eigenvalue weighted by atomic mass is 35.5. The standard InChI is InChI=1S/C8H13N3O10.ClH/c9-6(8(13)14)1-2-7(12)21-5(3-19-10(15)16)4-20-11(17)18;/h5-6H,1-4,9H2,(H,13,14);1H/t6-;/m0./s1. The molecule has 0 amide bonds. The normalized spacial score (nSPS) is 11.0. The van der Waals surface area contributed by atoms with Crippen molar-refractivity contribution >= 4 is 24.3 Å². The van der Waals surface area contributed by atoms with Gasteiger partial charge in [-0.1, -0.05) is 0 Å². The van der Waals surface area contributed by atoms with E-state index >= 15 is 0 Å². The molecule has 0 aliphatic heterocycles. The Kier molecular flexibility index (Phi) is 11.2. The zero-order valence-corrected chi connectivity index (χ0v) is 11.8. The summed E-state index contributed by atoms with van der Waals surface area (Å²) in [6.07, 6.45) is -2.01. The molecule has 0 radical (unpaired) electrons. The van der Waals surface area contributed by atoms with Crippen LogP contribution in [0.3, 0.4) is 0 Å². The summed E-state index contributed by atoms with van der Waals surface area (Å²) in [5.74, 6) is -2.26. The van der Waals surface area contributed by atoms with Gasteiger partial charge in [-0.25, -0.2) is 0 Å². The average molecular weight is 348 g/mol. The molecule has 0 aromatic heterocycles. The molecule has 0 bridgehead atoms. The topological polar surface area (TPSA) is 194 Å². The number of esters is 1. The van der Waals surface area contributed by atoms with Gasteiger partial charge in [0.2, 0.25) is 0 Å². The number of carboxylic acid groups (broad SMARTS) is 1. The number of rotatable bonds is 11. The van der Waals surface area contributed by atoms with Gasteiger partial charge >= 0.3 is 11.9 Å². The van der Waals surface area contributed by atoms with Crippen LogP contribution in [0.2, 0.25) is 0 Å². The molecule has 0 saturated carbocycles. The van der Waals surface area contributed by atoms with Gasteiger partial charge in [0, 0.05) is 6.42 Å². The molecule has 1 atom stereocenters. The van der Waals surface area contributed by atoms with Crippen LogP contribution in [0.4, 0.5) is 0 Å². The van der Waals surface area contributed by atoms with Crippen molar-refractivity contribution in [2.45, 2.75) is 25.0 Å². The van der Waals surface area contributed by atoms with E-state index in [-0.39, 0.29) is 25.2 Å². The van der Waals surface area contributed by atoms with E-state index in [1.807, 2.05) is 0 Å². The van der Waals surface area contributed by atoms with Crippen molar-refractivity contribution < 1.29 is 39.3 Å². The van der Waals surface area contributed by atoms with Gasteiger partial charge in [-0.2, -0.15) is 0 Å². The third-order valence-electron chi connectivity index (χ3n) is 2.01. The number of ether oxygens (including phenoxy) is 1. The van der Waals surface area contributed by atoms with Crippen LogP contribution in [0.25, 0.3) is 0 Å². The van der Waals surface area contributed by atoms with Gasteiger partial charge in [0.25, 0.3) is 10.2 Å². The molecular formula is C8H14ClN3O10. The Morgan fingerprint density at radius 3 is 1.95 bits per heavy atom. The van der Waals surface area contributed by atoms with Crippen LogP contribution in [0.15, 0.2) is 0 Å². The van der Waals surface area contributed by atoms with Gasteiger partial charge in [-0.05, 0) is 6.42 Å². The molecular weight excluding hydrogens is 334 g/mol. The van der Waals surface area contributed by atoms with Gasteiger partial charge in [0.1, 0.15) is 25.4 Å². The molecule has 14 heteroatoms. The molecule has 0 aliphatic carbocycles. The summed E-state index contributed by atoms with van der Waals surface area (Å²) in [5.41, 5.74) is 5.16. The third-order valence-corrected chi connectivity index (χ3v) is 2.01. The molecule has 0 heterocycles. The summed E-state index contributed by atoms with van der Waals surface area (Å²) in [5, 5.41) is 26.2. The number of hydrogen-bond acceptors (Lipinski definition) is 10. The van der Waals surface area contributed by atoms with Crippen LogP contribution in [-0.4, -0.2) is 52.6 Å². The number of halogens is 1. The predicted molar refractivity (Wildman–Crippen MR) is 67.9 cm³/mol. The second kappa shape index (κ2) is 11.3. The Morgan fingerprint density at radius 1 is 1.14 bits per heavy atom. The first-order valence-corrected chi connectivity index (χ1v) is 5.44. The lowest BCUT2D eigenvalue weighted by molar-refractivity contribution is -0.768. The molecule has 13 nitrogen and oxygen atoms in total. The summed E-state index contributed by atoms with van der Waals surface area (Å²) in [6.45, 7) is -1.53. The highest BCUT2D eigenvalue weighted by Crippen LogP contribution is 2.03. The number of hydrogen-bond donors (Lipinski definition) is 2. The van der Waals surface area contributed by atoms with E-state index in [2.05, 4.69) is 14.4 Å². The third kappa shape index (κ3) is 11.4. The molecule has 0 fully saturated rings. The van der Waals surface area contributed by atoms with E-state index in [1.165, 1.54) is 0 Å². The lowest BCUT2D eigenvalue weighted by Crippen LogP contribution is -2.33. The van der Waals surface area contributed by atoms with Crippen LogP contribution < -0.4 is 5.73 Å². The summed E-state index contributed by atoms with van der Waals surface area (Å²) < 4.78 is 4.64. The highest BCUT2D eigenvalue weighted by Gasteiger charge is 2.20. The lowest BCUT2D eigenvalue weighted by atomic mass is 10.2. The summed E-state index contributed by atoms with van der Waals surface area (Å²) in [4.78, 5) is 49.6. The molecule has 0 aliphatic rings. The van der Waals surface area contributed by atoms with Gasteiger partial charge in [-0.3, -0.25) is 9.59 Å². The fourth-order valence-electron chi connectivity index (χ4n) is 1.05. The maximum absolute atomic E-state index is 11.3. The van der Waals surface area contributed by atoms with Crippen LogP contribution in [0.5, 0.6) is 0 Å². The molecule has 0 aromatic rings. The molecule has 128 valence electrons. The average Bonchev–Trinajstić information content (AvgIpc) is 2.38. The maximum atomic E-state index is 11.3. The smallest absolute Gasteiger partial charge is 0.320 e. The number of nitrogens with zero attached hydrogens (tertiary/aromatic N) is 2. The van der Waals surface area contributed by atoms with E-state index in [1.54, 1.807) is 0 Å². The minimum Gasteiger partial charge on any atom is -0.480 e. The minimum absolute atomic E-state index is 0. The fourth-order valence-corrected chi connectivity index (χ4v) is 1.05. The second-order valence-corrected chi connectivity index (χ2v) is 3.63. The Morgan fingerprint density at radius 2 is 1.59 bits per heavy atom. The van der Waals surface area contributed by atoms with Crippen molar-refractivity contribution in [3.8, 4) is 0 Å². The fraction of sp³-hybridized carbons (Fsp3) is 0.750. The number of nitrogens with two attached hydrogens (primary N) is 1. The van der Waals surface area contributed by atoms with Crippen molar-refractivity contribution in [2.24, 2.45) is 5.73 Å². The van der Waals surface area contributed by atoms with Gasteiger partial charge in [0.05, 0.1) is 0 Å². The van der Waals surface area contributed by atoms with E-state index in [0.29, 0.717) is 0 Å². The molecule has 0 saturated heterocycles. The number of aliphatic carboxylic acids is 1. The Labute approximate surface area is 128 Å². The zero-order chi connectivity index (χ0) is 16.4. The van der Waals surface area contributed by atoms with E-state index < -0.39 is 47.5 Å². The lowest BCUT2D eigenvalue weighted by Gasteiger charge is -2.16. The largest absolute Gasteiger partial charge is 0.480 e. The Bertz CT molecular complexity index is 388. The zero-order valence-electron chi connectivity index (χ0n) is 11.0. The van der Waals surface area contributed by atoms with Gasteiger partial charge in [0.15, 0.2) is 0 Å². The van der Waals surface area contributed by atoms with E-state index in [9.17, 15) is 29.8 Å². The maximum Gasteiger partial charge on any atom is 0.320 e. The Hall–Kier alpha value is -2.41. The predicted octanol–water partition coefficient (Wildman–Crippen LogP) is -1.07. The number of carbonyl (C=O) groups is 2. The summed E-state index contributed by atoms with van der Waals surface area (Å²) in [6, 6.07) is -1.28. The van der Waals surface area contributed by atoms with E-state index in [0.717, 1.165) is 0 Å². The molecule has 3 N–H and O–H groups in total. The summed E-state index contributed by atoms with van der Waals surface area (Å²) >= 11 is 0. The highest BCUT2D eigenvalue weighted by molar-refractivity contribution is 5.85. The van der Waals surface area contributed by atoms with Crippen LogP contribution in [0, 0.1) is 20.2 Å². The number of carboxylic acids is 1. The first kappa shape index (κ1) is 21.9. The second-order valence-electron chi connectivity index (χ2n) is 3.63. The SMILES string of the molecule is Cl.N[C@@H](CCC(=O)OC(CO[N+](=O)[O-])CO[N+](=O)[O-])C(=O)O. The van der Waals surface area contributed by atoms with Gasteiger partial charge < -0.3 is 25.3 Å². The number of carbonyl (C=O) groups excluding carboxylic acids is 1. The first-order valence-electron chi connectivity index (χ1n) is 5.44. The Balaban J connectivity index is 0. The molecule has 0 aromatic carbocycles. The van der Waals surface area contributed by atoms with E-state index in [4.69, 9.17) is 10.8 Å². The van der Waals surface area contributed by atoms with Crippen LogP contribution in [0.1, 0.15) is 12.8 Å². The minimum atomic E-state index is -1.39. The van der Waals surface area contributed by atoms with Crippen LogP contribution >= 0.6 is 12.4 Å². The molecule has 0 unspecified atom stereocenters. The molecule has 0 spiro atoms. The molecule has 22 heavy (non-hydrogen) atoms. The van der Waals surface area contributed by atoms with Crippen molar-refractivity contribution in [1.29, 1.82) is 0 Å². The van der Waals surface area contributed by atoms with Crippen molar-refractivity contribution in [1.82, 2.24) is 0 Å². The molecule has 0 rings (SSSR count). The monoisotopic (exact) mass is 347 g/mol. The van der Waals surface area contributed by atoms with Gasteiger partial charge in [-0.15, -0.1) is 32.6 Å². The van der Waals surface area contributed by atoms with Crippen molar-refractivity contribution in [3.05, 3.63) is 20.2 Å². The van der Waals surface area contributed by atoms with Crippen molar-refractivity contribution in [3.63, 3.8) is 0 Å². The van der Waals surface area contributed by atoms with Crippen LogP contribution in [-0.2, 0) is 24.0 Å². The van der Waals surface area contributed by atoms with Crippen molar-refractivity contribution in [2.75, 3.05) is 13.2 Å². The summed E-state index contributed by atoms with van der Waals surface area (Å²) in [7, 11) is 0. The quantitative estimate of drug-likeness (QED) is 0.262. The first-order chi connectivity index (χ1) is 9.72.